The molecule has 0 aromatic rings. The zero-order valence-corrected chi connectivity index (χ0v) is 18.3. The van der Waals surface area contributed by atoms with E-state index >= 15 is 0 Å². The van der Waals surface area contributed by atoms with Crippen molar-refractivity contribution in [3.05, 3.63) is 0 Å². The van der Waals surface area contributed by atoms with Gasteiger partial charge in [-0.1, -0.05) is 0 Å². The highest BCUT2D eigenvalue weighted by molar-refractivity contribution is 5.69. The molecule has 0 saturated heterocycles. The Kier molecular flexibility index (Phi) is 21.6. The van der Waals surface area contributed by atoms with E-state index in [0.717, 1.165) is 0 Å². The summed E-state index contributed by atoms with van der Waals surface area (Å²) in [5.41, 5.74) is 0. The Bertz CT molecular complexity index is 456. The summed E-state index contributed by atoms with van der Waals surface area (Å²) in [6, 6.07) is 0. The van der Waals surface area contributed by atoms with Crippen molar-refractivity contribution in [2.75, 3.05) is 79.3 Å². The largest absolute Gasteiger partial charge is 0.481 e. The number of aliphatic carboxylic acids is 1. The monoisotopic (exact) mass is 452 g/mol. The highest BCUT2D eigenvalue weighted by atomic mass is 16.6. The summed E-state index contributed by atoms with van der Waals surface area (Å²) in [7, 11) is 0. The molecule has 0 radical (unpaired) electrons. The number of esters is 2. The van der Waals surface area contributed by atoms with Gasteiger partial charge < -0.3 is 38.3 Å². The first kappa shape index (κ1) is 29.2. The Morgan fingerprint density at radius 2 is 0.903 bits per heavy atom. The molecular formula is C20H36O11. The lowest BCUT2D eigenvalue weighted by molar-refractivity contribution is -0.146. The van der Waals surface area contributed by atoms with E-state index in [4.69, 9.17) is 38.3 Å². The van der Waals surface area contributed by atoms with Crippen LogP contribution in [0, 0.1) is 0 Å². The average molecular weight is 452 g/mol. The molecule has 0 aromatic heterocycles. The van der Waals surface area contributed by atoms with Gasteiger partial charge in [0, 0.05) is 19.8 Å². The number of unbranched alkanes of at least 4 members (excludes halogenated alkanes) is 1. The van der Waals surface area contributed by atoms with E-state index in [1.54, 1.807) is 0 Å². The zero-order valence-electron chi connectivity index (χ0n) is 18.3. The van der Waals surface area contributed by atoms with Crippen LogP contribution in [0.2, 0.25) is 0 Å². The fraction of sp³-hybridized carbons (Fsp3) is 0.850. The molecule has 0 spiro atoms. The fourth-order valence-electron chi connectivity index (χ4n) is 2.06. The first-order valence-corrected chi connectivity index (χ1v) is 10.4. The molecule has 0 unspecified atom stereocenters. The van der Waals surface area contributed by atoms with E-state index in [1.807, 2.05) is 0 Å². The predicted octanol–water partition coefficient (Wildman–Crippen LogP) is 0.821. The van der Waals surface area contributed by atoms with Gasteiger partial charge >= 0.3 is 17.9 Å². The van der Waals surface area contributed by atoms with Crippen LogP contribution in [0.5, 0.6) is 0 Å². The molecule has 11 heteroatoms. The van der Waals surface area contributed by atoms with Crippen molar-refractivity contribution < 1.29 is 52.6 Å². The van der Waals surface area contributed by atoms with Crippen molar-refractivity contribution in [2.45, 2.75) is 32.6 Å². The lowest BCUT2D eigenvalue weighted by Crippen LogP contribution is -2.15. The van der Waals surface area contributed by atoms with Crippen LogP contribution in [0.15, 0.2) is 0 Å². The fourth-order valence-corrected chi connectivity index (χ4v) is 2.06. The summed E-state index contributed by atoms with van der Waals surface area (Å²) in [4.78, 5) is 32.3. The third kappa shape index (κ3) is 26.2. The van der Waals surface area contributed by atoms with Crippen LogP contribution in [0.4, 0.5) is 0 Å². The minimum absolute atomic E-state index is 0.0614. The van der Waals surface area contributed by atoms with E-state index in [0.29, 0.717) is 72.3 Å². The molecular weight excluding hydrogens is 416 g/mol. The maximum atomic E-state index is 11.4. The van der Waals surface area contributed by atoms with Gasteiger partial charge in [-0.3, -0.25) is 14.4 Å². The van der Waals surface area contributed by atoms with Gasteiger partial charge in [0.05, 0.1) is 66.1 Å². The van der Waals surface area contributed by atoms with E-state index in [1.165, 1.54) is 6.92 Å². The average Bonchev–Trinajstić information content (AvgIpc) is 2.72. The Hall–Kier alpha value is -1.79. The number of carboxylic acids is 1. The normalized spacial score (nSPS) is 10.7. The third-order valence-corrected chi connectivity index (χ3v) is 3.53. The molecule has 0 saturated carbocycles. The summed E-state index contributed by atoms with van der Waals surface area (Å²) in [5, 5.41) is 8.49. The van der Waals surface area contributed by atoms with Gasteiger partial charge in [-0.15, -0.1) is 0 Å². The molecule has 0 aromatic carbocycles. The lowest BCUT2D eigenvalue weighted by Gasteiger charge is -2.08. The van der Waals surface area contributed by atoms with Crippen LogP contribution in [0.25, 0.3) is 0 Å². The van der Waals surface area contributed by atoms with Crippen molar-refractivity contribution >= 4 is 17.9 Å². The summed E-state index contributed by atoms with van der Waals surface area (Å²) in [6.07, 6.45) is 1.24. The van der Waals surface area contributed by atoms with Crippen molar-refractivity contribution in [3.63, 3.8) is 0 Å². The molecule has 1 N–H and O–H groups in total. The minimum Gasteiger partial charge on any atom is -0.481 e. The van der Waals surface area contributed by atoms with Crippen LogP contribution < -0.4 is 0 Å². The number of ether oxygens (including phenoxy) is 7. The number of hydrogen-bond donors (Lipinski definition) is 1. The molecule has 0 amide bonds. The molecule has 11 nitrogen and oxygen atoms in total. The topological polar surface area (TPSA) is 136 Å². The Labute approximate surface area is 183 Å². The molecule has 0 aliphatic carbocycles. The molecule has 0 heterocycles. The Morgan fingerprint density at radius 3 is 1.29 bits per heavy atom. The van der Waals surface area contributed by atoms with Crippen LogP contribution in [-0.4, -0.2) is 102 Å². The van der Waals surface area contributed by atoms with Crippen LogP contribution >= 0.6 is 0 Å². The van der Waals surface area contributed by atoms with Crippen molar-refractivity contribution in [3.8, 4) is 0 Å². The van der Waals surface area contributed by atoms with Crippen LogP contribution in [-0.2, 0) is 47.5 Å². The van der Waals surface area contributed by atoms with Gasteiger partial charge in [0.25, 0.3) is 0 Å². The molecule has 0 atom stereocenters. The van der Waals surface area contributed by atoms with E-state index in [2.05, 4.69) is 0 Å². The summed E-state index contributed by atoms with van der Waals surface area (Å²) >= 11 is 0. The van der Waals surface area contributed by atoms with Crippen LogP contribution in [0.3, 0.4) is 0 Å². The summed E-state index contributed by atoms with van der Waals surface area (Å²) in [5.74, 6) is -1.54. The van der Waals surface area contributed by atoms with Crippen molar-refractivity contribution in [1.29, 1.82) is 0 Å². The standard InChI is InChI=1S/C20H36O11/c1-18(21)30-16-14-28-12-10-26-8-6-25-7-9-27-11-13-29-15-17-31-20(24)5-3-2-4-19(22)23/h2-17H2,1H3,(H,22,23). The molecule has 0 aliphatic heterocycles. The van der Waals surface area contributed by atoms with Crippen LogP contribution in [0.1, 0.15) is 32.6 Å². The van der Waals surface area contributed by atoms with Crippen molar-refractivity contribution in [2.24, 2.45) is 0 Å². The molecule has 0 bridgehead atoms. The van der Waals surface area contributed by atoms with E-state index in [-0.39, 0.29) is 44.6 Å². The maximum Gasteiger partial charge on any atom is 0.305 e. The first-order chi connectivity index (χ1) is 15.0. The third-order valence-electron chi connectivity index (χ3n) is 3.53. The van der Waals surface area contributed by atoms with Gasteiger partial charge in [0.15, 0.2) is 0 Å². The predicted molar refractivity (Wildman–Crippen MR) is 108 cm³/mol. The molecule has 0 fully saturated rings. The van der Waals surface area contributed by atoms with Gasteiger partial charge in [-0.25, -0.2) is 0 Å². The van der Waals surface area contributed by atoms with E-state index in [9.17, 15) is 14.4 Å². The second-order valence-corrected chi connectivity index (χ2v) is 6.22. The minimum atomic E-state index is -0.864. The smallest absolute Gasteiger partial charge is 0.305 e. The molecule has 182 valence electrons. The molecule has 0 aliphatic rings. The highest BCUT2D eigenvalue weighted by Crippen LogP contribution is 2.01. The Morgan fingerprint density at radius 1 is 0.548 bits per heavy atom. The molecule has 31 heavy (non-hydrogen) atoms. The maximum absolute atomic E-state index is 11.4. The lowest BCUT2D eigenvalue weighted by atomic mass is 10.2. The SMILES string of the molecule is CC(=O)OCCOCCOCCOCCOCCOCCOC(=O)CCCCC(=O)O. The van der Waals surface area contributed by atoms with Gasteiger partial charge in [-0.05, 0) is 12.8 Å². The Balaban J connectivity index is 3.13. The summed E-state index contributed by atoms with van der Waals surface area (Å²) in [6.45, 7) is 5.85. The van der Waals surface area contributed by atoms with Crippen molar-refractivity contribution in [1.82, 2.24) is 0 Å². The zero-order chi connectivity index (χ0) is 23.0. The van der Waals surface area contributed by atoms with Gasteiger partial charge in [-0.2, -0.15) is 0 Å². The quantitative estimate of drug-likeness (QED) is 0.174. The summed E-state index contributed by atoms with van der Waals surface area (Å²) < 4.78 is 36.2. The van der Waals surface area contributed by atoms with Gasteiger partial charge in [0.2, 0.25) is 0 Å². The highest BCUT2D eigenvalue weighted by Gasteiger charge is 2.04. The number of rotatable bonds is 23. The second-order valence-electron chi connectivity index (χ2n) is 6.22. The van der Waals surface area contributed by atoms with E-state index < -0.39 is 5.97 Å². The second kappa shape index (κ2) is 22.9. The van der Waals surface area contributed by atoms with Gasteiger partial charge in [0.1, 0.15) is 13.2 Å². The molecule has 0 rings (SSSR count). The number of carboxylic acid groups (broad SMARTS) is 1. The first-order valence-electron chi connectivity index (χ1n) is 10.4. The number of carbonyl (C=O) groups is 3. The number of hydrogen-bond acceptors (Lipinski definition) is 10. The number of carbonyl (C=O) groups excluding carboxylic acids is 2.